The van der Waals surface area contributed by atoms with Crippen molar-refractivity contribution in [1.29, 1.82) is 0 Å². The molecule has 2 amide bonds. The van der Waals surface area contributed by atoms with Gasteiger partial charge in [0.15, 0.2) is 0 Å². The quantitative estimate of drug-likeness (QED) is 0.748. The number of carbonyl (C=O) groups excluding carboxylic acids is 1. The molecule has 0 aliphatic heterocycles. The molecular weight excluding hydrogens is 272 g/mol. The molecule has 0 spiro atoms. The summed E-state index contributed by atoms with van der Waals surface area (Å²) < 4.78 is 0. The third-order valence-corrected chi connectivity index (χ3v) is 4.61. The maximum absolute atomic E-state index is 11.9. The molecule has 1 aliphatic rings. The highest BCUT2D eigenvalue weighted by Crippen LogP contribution is 2.22. The van der Waals surface area contributed by atoms with Gasteiger partial charge in [-0.15, -0.1) is 0 Å². The number of thiophene rings is 1. The molecule has 0 aromatic carbocycles. The van der Waals surface area contributed by atoms with Crippen LogP contribution in [0.4, 0.5) is 4.79 Å². The summed E-state index contributed by atoms with van der Waals surface area (Å²) in [5.41, 5.74) is -0.168. The smallest absolute Gasteiger partial charge is 0.315 e. The van der Waals surface area contributed by atoms with Crippen molar-refractivity contribution in [3.63, 3.8) is 0 Å². The maximum Gasteiger partial charge on any atom is 0.315 e. The summed E-state index contributed by atoms with van der Waals surface area (Å²) in [5.74, 6) is 0. The molecule has 1 aliphatic carbocycles. The van der Waals surface area contributed by atoms with Crippen LogP contribution in [0.3, 0.4) is 0 Å². The minimum absolute atomic E-state index is 0.174. The topological polar surface area (TPSA) is 61.4 Å². The number of nitrogens with one attached hydrogen (secondary N) is 2. The Morgan fingerprint density at radius 1 is 1.40 bits per heavy atom. The first-order valence-electron chi connectivity index (χ1n) is 7.37. The number of hydrogen-bond donors (Lipinski definition) is 3. The van der Waals surface area contributed by atoms with Crippen molar-refractivity contribution in [1.82, 2.24) is 10.6 Å². The molecule has 20 heavy (non-hydrogen) atoms. The molecule has 5 heteroatoms. The fraction of sp³-hybridized carbons (Fsp3) is 0.667. The molecule has 2 rings (SSSR count). The fourth-order valence-corrected chi connectivity index (χ4v) is 3.37. The molecule has 112 valence electrons. The van der Waals surface area contributed by atoms with Crippen molar-refractivity contribution in [3.8, 4) is 0 Å². The first-order chi connectivity index (χ1) is 9.58. The fourth-order valence-electron chi connectivity index (χ4n) is 2.59. The largest absolute Gasteiger partial charge is 0.384 e. The van der Waals surface area contributed by atoms with Crippen LogP contribution in [0.15, 0.2) is 16.8 Å². The highest BCUT2D eigenvalue weighted by molar-refractivity contribution is 7.08. The summed E-state index contributed by atoms with van der Waals surface area (Å²) >= 11 is 1.54. The van der Waals surface area contributed by atoms with Crippen LogP contribution in [0.5, 0.6) is 0 Å². The Labute approximate surface area is 124 Å². The average Bonchev–Trinajstić information content (AvgIpc) is 2.85. The van der Waals surface area contributed by atoms with Gasteiger partial charge >= 0.3 is 6.03 Å². The molecule has 1 atom stereocenters. The van der Waals surface area contributed by atoms with E-state index in [2.05, 4.69) is 10.6 Å². The summed E-state index contributed by atoms with van der Waals surface area (Å²) in [6, 6.07) is 1.99. The second-order valence-electron chi connectivity index (χ2n) is 5.80. The normalized spacial score (nSPS) is 19.9. The van der Waals surface area contributed by atoms with Gasteiger partial charge in [-0.25, -0.2) is 4.79 Å². The Bertz CT molecular complexity index is 410. The van der Waals surface area contributed by atoms with Crippen molar-refractivity contribution in [2.75, 3.05) is 6.54 Å². The number of rotatable bonds is 4. The lowest BCUT2D eigenvalue weighted by molar-refractivity contribution is 0.0597. The Morgan fingerprint density at radius 2 is 2.10 bits per heavy atom. The number of carbonyl (C=O) groups is 1. The number of aliphatic hydroxyl groups is 1. The van der Waals surface area contributed by atoms with Crippen LogP contribution in [-0.2, 0) is 5.60 Å². The van der Waals surface area contributed by atoms with Gasteiger partial charge in [0, 0.05) is 6.04 Å². The first kappa shape index (κ1) is 15.3. The standard InChI is InChI=1S/C15H24N2O2S/c1-15(19,12-8-9-20-10-12)11-16-14(18)17-13-6-4-2-3-5-7-13/h8-10,13,19H,2-7,11H2,1H3,(H2,16,17,18). The molecule has 1 saturated carbocycles. The van der Waals surface area contributed by atoms with Crippen molar-refractivity contribution in [2.45, 2.75) is 57.1 Å². The van der Waals surface area contributed by atoms with E-state index in [-0.39, 0.29) is 18.6 Å². The van der Waals surface area contributed by atoms with Gasteiger partial charge in [-0.3, -0.25) is 0 Å². The summed E-state index contributed by atoms with van der Waals surface area (Å²) in [6.45, 7) is 1.95. The Morgan fingerprint density at radius 3 is 2.70 bits per heavy atom. The van der Waals surface area contributed by atoms with Crippen molar-refractivity contribution >= 4 is 17.4 Å². The van der Waals surface area contributed by atoms with E-state index in [1.807, 2.05) is 16.8 Å². The van der Waals surface area contributed by atoms with Crippen LogP contribution in [0.25, 0.3) is 0 Å². The van der Waals surface area contributed by atoms with Crippen molar-refractivity contribution in [3.05, 3.63) is 22.4 Å². The lowest BCUT2D eigenvalue weighted by atomic mass is 9.99. The van der Waals surface area contributed by atoms with Crippen molar-refractivity contribution < 1.29 is 9.90 Å². The van der Waals surface area contributed by atoms with Crippen LogP contribution in [0.2, 0.25) is 0 Å². The van der Waals surface area contributed by atoms with E-state index in [1.54, 1.807) is 18.3 Å². The molecule has 3 N–H and O–H groups in total. The third-order valence-electron chi connectivity index (χ3n) is 3.93. The average molecular weight is 296 g/mol. The monoisotopic (exact) mass is 296 g/mol. The van der Waals surface area contributed by atoms with E-state index >= 15 is 0 Å². The van der Waals surface area contributed by atoms with E-state index in [1.165, 1.54) is 25.7 Å². The van der Waals surface area contributed by atoms with E-state index in [9.17, 15) is 9.90 Å². The van der Waals surface area contributed by atoms with Gasteiger partial charge in [0.2, 0.25) is 0 Å². The molecule has 0 saturated heterocycles. The van der Waals surface area contributed by atoms with E-state index in [0.717, 1.165) is 18.4 Å². The number of urea groups is 1. The Balaban J connectivity index is 1.77. The molecule has 1 aromatic heterocycles. The lowest BCUT2D eigenvalue weighted by Gasteiger charge is -2.24. The van der Waals surface area contributed by atoms with Gasteiger partial charge in [-0.05, 0) is 42.2 Å². The summed E-state index contributed by atoms with van der Waals surface area (Å²) in [4.78, 5) is 11.9. The highest BCUT2D eigenvalue weighted by Gasteiger charge is 2.24. The first-order valence-corrected chi connectivity index (χ1v) is 8.31. The molecule has 1 heterocycles. The molecule has 0 bridgehead atoms. The Hall–Kier alpha value is -1.07. The van der Waals surface area contributed by atoms with Crippen LogP contribution in [-0.4, -0.2) is 23.7 Å². The van der Waals surface area contributed by atoms with E-state index < -0.39 is 5.60 Å². The van der Waals surface area contributed by atoms with Gasteiger partial charge in [0.1, 0.15) is 5.60 Å². The van der Waals surface area contributed by atoms with Gasteiger partial charge in [-0.1, -0.05) is 25.7 Å². The van der Waals surface area contributed by atoms with Crippen LogP contribution < -0.4 is 10.6 Å². The third kappa shape index (κ3) is 4.49. The van der Waals surface area contributed by atoms with Crippen LogP contribution in [0.1, 0.15) is 51.0 Å². The second kappa shape index (κ2) is 7.09. The zero-order valence-corrected chi connectivity index (χ0v) is 12.8. The van der Waals surface area contributed by atoms with Gasteiger partial charge in [0.25, 0.3) is 0 Å². The predicted octanol–water partition coefficient (Wildman–Crippen LogP) is 2.98. The summed E-state index contributed by atoms with van der Waals surface area (Å²) in [7, 11) is 0. The highest BCUT2D eigenvalue weighted by atomic mass is 32.1. The van der Waals surface area contributed by atoms with E-state index in [4.69, 9.17) is 0 Å². The number of hydrogen-bond acceptors (Lipinski definition) is 3. The zero-order valence-electron chi connectivity index (χ0n) is 12.0. The summed E-state index contributed by atoms with van der Waals surface area (Å²) in [5, 5.41) is 20.0. The van der Waals surface area contributed by atoms with Crippen LogP contribution >= 0.6 is 11.3 Å². The predicted molar refractivity (Wildman–Crippen MR) is 81.9 cm³/mol. The molecule has 1 fully saturated rings. The van der Waals surface area contributed by atoms with Gasteiger partial charge in [0.05, 0.1) is 6.54 Å². The molecule has 0 radical (unpaired) electrons. The second-order valence-corrected chi connectivity index (χ2v) is 6.58. The van der Waals surface area contributed by atoms with Crippen molar-refractivity contribution in [2.24, 2.45) is 0 Å². The Kier molecular flexibility index (Phi) is 5.43. The van der Waals surface area contributed by atoms with Gasteiger partial charge < -0.3 is 15.7 Å². The zero-order chi connectivity index (χ0) is 14.4. The maximum atomic E-state index is 11.9. The van der Waals surface area contributed by atoms with E-state index in [0.29, 0.717) is 0 Å². The molecular formula is C15H24N2O2S. The van der Waals surface area contributed by atoms with Crippen LogP contribution in [0, 0.1) is 0 Å². The summed E-state index contributed by atoms with van der Waals surface area (Å²) in [6.07, 6.45) is 7.05. The minimum Gasteiger partial charge on any atom is -0.384 e. The lowest BCUT2D eigenvalue weighted by Crippen LogP contribution is -2.46. The minimum atomic E-state index is -1.01. The molecule has 1 aromatic rings. The SMILES string of the molecule is CC(O)(CNC(=O)NC1CCCCCC1)c1ccsc1. The van der Waals surface area contributed by atoms with Gasteiger partial charge in [-0.2, -0.15) is 11.3 Å². The molecule has 4 nitrogen and oxygen atoms in total. The number of amides is 2. The molecule has 1 unspecified atom stereocenters.